The van der Waals surface area contributed by atoms with Gasteiger partial charge in [0.25, 0.3) is 0 Å². The highest BCUT2D eigenvalue weighted by Gasteiger charge is 2.51. The zero-order chi connectivity index (χ0) is 39.7. The molecule has 0 radical (unpaired) electrons. The fourth-order valence-electron chi connectivity index (χ4n) is 11.0. The van der Waals surface area contributed by atoms with Gasteiger partial charge in [-0.15, -0.1) is 11.3 Å². The third-order valence-corrected chi connectivity index (χ3v) is 14.5. The molecule has 13 rings (SSSR count). The van der Waals surface area contributed by atoms with Gasteiger partial charge in [-0.05, 0) is 79.9 Å². The predicted octanol–water partition coefficient (Wildman–Crippen LogP) is 14.6. The minimum Gasteiger partial charge on any atom is -0.457 e. The summed E-state index contributed by atoms with van der Waals surface area (Å²) in [4.78, 5) is 10.7. The highest BCUT2D eigenvalue weighted by Crippen LogP contribution is 2.63. The Balaban J connectivity index is 1.04. The summed E-state index contributed by atoms with van der Waals surface area (Å²) in [6.07, 6.45) is 0. The van der Waals surface area contributed by atoms with Gasteiger partial charge in [-0.3, -0.25) is 0 Å². The lowest BCUT2D eigenvalue weighted by atomic mass is 9.66. The first kappa shape index (κ1) is 33.8. The summed E-state index contributed by atoms with van der Waals surface area (Å²) in [6, 6.07) is 66.1. The van der Waals surface area contributed by atoms with Crippen molar-refractivity contribution in [1.29, 1.82) is 0 Å². The van der Waals surface area contributed by atoms with Crippen LogP contribution in [0.5, 0.6) is 11.5 Å². The van der Waals surface area contributed by atoms with Crippen LogP contribution in [0.2, 0.25) is 0 Å². The van der Waals surface area contributed by atoms with E-state index < -0.39 is 5.41 Å². The van der Waals surface area contributed by atoms with E-state index >= 15 is 0 Å². The number of rotatable bonds is 3. The number of para-hydroxylation sites is 2. The van der Waals surface area contributed by atoms with Gasteiger partial charge < -0.3 is 4.74 Å². The smallest absolute Gasteiger partial charge is 0.160 e. The van der Waals surface area contributed by atoms with E-state index in [0.29, 0.717) is 0 Å². The molecule has 2 aliphatic carbocycles. The molecule has 60 heavy (non-hydrogen) atoms. The number of nitrogens with zero attached hydrogens (tertiary/aromatic N) is 2. The van der Waals surface area contributed by atoms with Crippen LogP contribution in [-0.2, 0) is 10.8 Å². The summed E-state index contributed by atoms with van der Waals surface area (Å²) in [5, 5.41) is 1.17. The standard InChI is InChI=1S/C56H36N2OS/c1-55(2)49-35(34-30-31-37-36-18-6-8-24-42(36)56(45(37)32-34)43-25-9-11-27-46(43)59-47-28-12-10-26-44(47)56)20-14-21-38(49)39-22-15-23-41(50(39)55)52-53-51(40-19-7-13-29-48(40)60-53)57-54(58-52)33-16-4-3-5-17-33/h3-32H,1-2H3. The number of hydrogen-bond acceptors (Lipinski definition) is 4. The Morgan fingerprint density at radius 2 is 1.03 bits per heavy atom. The van der Waals surface area contributed by atoms with Crippen molar-refractivity contribution >= 4 is 31.6 Å². The van der Waals surface area contributed by atoms with Crippen molar-refractivity contribution in [2.75, 3.05) is 0 Å². The van der Waals surface area contributed by atoms with Crippen molar-refractivity contribution in [3.8, 4) is 67.5 Å². The van der Waals surface area contributed by atoms with Gasteiger partial charge in [0.05, 0.1) is 21.3 Å². The summed E-state index contributed by atoms with van der Waals surface area (Å²) in [7, 11) is 0. The summed E-state index contributed by atoms with van der Waals surface area (Å²) < 4.78 is 8.99. The topological polar surface area (TPSA) is 35.0 Å². The van der Waals surface area contributed by atoms with E-state index in [-0.39, 0.29) is 5.41 Å². The molecule has 0 unspecified atom stereocenters. The first-order chi connectivity index (χ1) is 29.5. The fraction of sp³-hybridized carbons (Fsp3) is 0.0714. The first-order valence-corrected chi connectivity index (χ1v) is 21.5. The van der Waals surface area contributed by atoms with Crippen LogP contribution in [0.15, 0.2) is 182 Å². The normalized spacial score (nSPS) is 14.6. The molecule has 3 nitrogen and oxygen atoms in total. The minimum absolute atomic E-state index is 0.351. The predicted molar refractivity (Wildman–Crippen MR) is 246 cm³/mol. The van der Waals surface area contributed by atoms with Crippen LogP contribution < -0.4 is 4.74 Å². The molecule has 0 fully saturated rings. The van der Waals surface area contributed by atoms with Crippen LogP contribution in [0.25, 0.3) is 76.3 Å². The lowest BCUT2D eigenvalue weighted by Crippen LogP contribution is -2.32. The molecule has 0 amide bonds. The number of benzene rings is 8. The summed E-state index contributed by atoms with van der Waals surface area (Å²) >= 11 is 1.79. The highest BCUT2D eigenvalue weighted by molar-refractivity contribution is 7.26. The van der Waals surface area contributed by atoms with E-state index in [1.807, 2.05) is 6.07 Å². The first-order valence-electron chi connectivity index (χ1n) is 20.7. The molecular formula is C56H36N2OS. The lowest BCUT2D eigenvalue weighted by molar-refractivity contribution is 0.436. The molecule has 10 aromatic rings. The van der Waals surface area contributed by atoms with E-state index in [2.05, 4.69) is 190 Å². The van der Waals surface area contributed by atoms with Gasteiger partial charge in [-0.25, -0.2) is 9.97 Å². The van der Waals surface area contributed by atoms with E-state index in [9.17, 15) is 0 Å². The molecule has 282 valence electrons. The van der Waals surface area contributed by atoms with E-state index in [4.69, 9.17) is 14.7 Å². The minimum atomic E-state index is -0.532. The van der Waals surface area contributed by atoms with Crippen molar-refractivity contribution < 1.29 is 4.74 Å². The van der Waals surface area contributed by atoms with Crippen molar-refractivity contribution in [1.82, 2.24) is 9.97 Å². The van der Waals surface area contributed by atoms with Crippen LogP contribution in [-0.4, -0.2) is 9.97 Å². The molecule has 1 aliphatic heterocycles. The largest absolute Gasteiger partial charge is 0.457 e. The average Bonchev–Trinajstić information content (AvgIpc) is 3.90. The van der Waals surface area contributed by atoms with E-state index in [1.165, 1.54) is 76.8 Å². The molecule has 4 heteroatoms. The summed E-state index contributed by atoms with van der Waals surface area (Å²) in [6.45, 7) is 4.81. The molecule has 0 atom stereocenters. The highest BCUT2D eigenvalue weighted by atomic mass is 32.1. The maximum absolute atomic E-state index is 6.65. The Bertz CT molecular complexity index is 3410. The third kappa shape index (κ3) is 4.38. The Kier molecular flexibility index (Phi) is 6.87. The number of fused-ring (bicyclic) bond motifs is 15. The maximum Gasteiger partial charge on any atom is 0.160 e. The molecule has 1 spiro atoms. The Morgan fingerprint density at radius 3 is 1.80 bits per heavy atom. The van der Waals surface area contributed by atoms with Gasteiger partial charge in [0.2, 0.25) is 0 Å². The Labute approximate surface area is 352 Å². The molecule has 0 saturated heterocycles. The van der Waals surface area contributed by atoms with Crippen molar-refractivity contribution in [2.24, 2.45) is 0 Å². The number of thiophene rings is 1. The van der Waals surface area contributed by atoms with Crippen molar-refractivity contribution in [3.05, 3.63) is 215 Å². The van der Waals surface area contributed by atoms with Crippen LogP contribution in [0, 0.1) is 0 Å². The van der Waals surface area contributed by atoms with Crippen molar-refractivity contribution in [3.63, 3.8) is 0 Å². The van der Waals surface area contributed by atoms with Gasteiger partial charge in [-0.1, -0.05) is 172 Å². The third-order valence-electron chi connectivity index (χ3n) is 13.3. The molecule has 3 aliphatic rings. The second-order valence-corrected chi connectivity index (χ2v) is 17.8. The Morgan fingerprint density at radius 1 is 0.450 bits per heavy atom. The van der Waals surface area contributed by atoms with Gasteiger partial charge >= 0.3 is 0 Å². The zero-order valence-corrected chi connectivity index (χ0v) is 33.8. The number of hydrogen-bond donors (Lipinski definition) is 0. The molecule has 0 N–H and O–H groups in total. The van der Waals surface area contributed by atoms with E-state index in [1.54, 1.807) is 11.3 Å². The van der Waals surface area contributed by atoms with Crippen LogP contribution in [0.1, 0.15) is 47.2 Å². The molecule has 2 aromatic heterocycles. The summed E-state index contributed by atoms with van der Waals surface area (Å²) in [5.41, 5.74) is 18.4. The van der Waals surface area contributed by atoms with E-state index in [0.717, 1.165) is 44.4 Å². The van der Waals surface area contributed by atoms with Gasteiger partial charge in [-0.2, -0.15) is 0 Å². The molecule has 0 bridgehead atoms. The maximum atomic E-state index is 6.65. The quantitative estimate of drug-likeness (QED) is 0.179. The number of aromatic nitrogens is 2. The van der Waals surface area contributed by atoms with Crippen LogP contribution in [0.4, 0.5) is 0 Å². The van der Waals surface area contributed by atoms with Crippen LogP contribution in [0.3, 0.4) is 0 Å². The lowest BCUT2D eigenvalue weighted by Gasteiger charge is -2.39. The monoisotopic (exact) mass is 784 g/mol. The van der Waals surface area contributed by atoms with Gasteiger partial charge in [0, 0.05) is 37.8 Å². The molecule has 0 saturated carbocycles. The van der Waals surface area contributed by atoms with Crippen molar-refractivity contribution in [2.45, 2.75) is 24.7 Å². The zero-order valence-electron chi connectivity index (χ0n) is 33.0. The molecule has 3 heterocycles. The number of ether oxygens (including phenoxy) is 1. The van der Waals surface area contributed by atoms with Gasteiger partial charge in [0.15, 0.2) is 5.82 Å². The average molecular weight is 785 g/mol. The second kappa shape index (κ2) is 12.2. The summed E-state index contributed by atoms with van der Waals surface area (Å²) in [5.74, 6) is 2.56. The molecule has 8 aromatic carbocycles. The van der Waals surface area contributed by atoms with Crippen LogP contribution >= 0.6 is 11.3 Å². The SMILES string of the molecule is CC1(C)c2c(-c3ccc4c(c3)C3(c5ccccc5Oc5ccccc53)c3ccccc3-4)cccc2-c2cccc(-c3nc(-c4ccccc4)nc4c3sc3ccccc34)c21. The fourth-order valence-corrected chi connectivity index (χ4v) is 12.1. The molecular weight excluding hydrogens is 749 g/mol. The van der Waals surface area contributed by atoms with Gasteiger partial charge in [0.1, 0.15) is 11.5 Å². The second-order valence-electron chi connectivity index (χ2n) is 16.8. The Hall–Kier alpha value is -7.14.